The molecule has 0 radical (unpaired) electrons. The van der Waals surface area contributed by atoms with Crippen molar-refractivity contribution in [2.75, 3.05) is 13.2 Å². The van der Waals surface area contributed by atoms with Gasteiger partial charge in [-0.1, -0.05) is 56.3 Å². The van der Waals surface area contributed by atoms with Crippen LogP contribution >= 0.6 is 0 Å². The van der Waals surface area contributed by atoms with Gasteiger partial charge in [0, 0.05) is 25.2 Å². The fourth-order valence-electron chi connectivity index (χ4n) is 5.06. The summed E-state index contributed by atoms with van der Waals surface area (Å²) in [4.78, 5) is 2.63. The SMILES string of the molecule is Cc1c2ccccc2c(CN2CC2(C)CCOC(C)(C)C)c2cccc(CC(C)C)c12. The Morgan fingerprint density at radius 3 is 2.35 bits per heavy atom. The maximum absolute atomic E-state index is 6.03. The molecule has 0 spiro atoms. The van der Waals surface area contributed by atoms with Gasteiger partial charge in [-0.3, -0.25) is 4.90 Å². The van der Waals surface area contributed by atoms with Gasteiger partial charge in [0.05, 0.1) is 5.60 Å². The summed E-state index contributed by atoms with van der Waals surface area (Å²) >= 11 is 0. The smallest absolute Gasteiger partial charge is 0.0598 e. The highest BCUT2D eigenvalue weighted by Crippen LogP contribution is 2.41. The van der Waals surface area contributed by atoms with Gasteiger partial charge in [-0.2, -0.15) is 0 Å². The predicted octanol–water partition coefficient (Wildman–Crippen LogP) is 7.28. The van der Waals surface area contributed by atoms with Crippen molar-refractivity contribution in [3.05, 3.63) is 59.2 Å². The van der Waals surface area contributed by atoms with Gasteiger partial charge < -0.3 is 4.74 Å². The van der Waals surface area contributed by atoms with Crippen molar-refractivity contribution < 1.29 is 4.74 Å². The van der Waals surface area contributed by atoms with Crippen molar-refractivity contribution in [1.82, 2.24) is 4.90 Å². The Labute approximate surface area is 188 Å². The number of fused-ring (bicyclic) bond motifs is 2. The summed E-state index contributed by atoms with van der Waals surface area (Å²) in [6.07, 6.45) is 2.21. The lowest BCUT2D eigenvalue weighted by atomic mass is 9.87. The van der Waals surface area contributed by atoms with Gasteiger partial charge in [0.1, 0.15) is 0 Å². The van der Waals surface area contributed by atoms with E-state index in [2.05, 4.69) is 95.8 Å². The number of benzene rings is 3. The van der Waals surface area contributed by atoms with Gasteiger partial charge in [-0.25, -0.2) is 0 Å². The number of nitrogens with zero attached hydrogens (tertiary/aromatic N) is 1. The van der Waals surface area contributed by atoms with Crippen molar-refractivity contribution in [2.45, 2.75) is 79.0 Å². The Morgan fingerprint density at radius 1 is 1.00 bits per heavy atom. The molecule has 0 amide bonds. The molecule has 1 aliphatic rings. The molecule has 0 bridgehead atoms. The van der Waals surface area contributed by atoms with Crippen molar-refractivity contribution in [1.29, 1.82) is 0 Å². The van der Waals surface area contributed by atoms with Crippen LogP contribution in [0.25, 0.3) is 21.5 Å². The van der Waals surface area contributed by atoms with Gasteiger partial charge in [0.2, 0.25) is 0 Å². The molecule has 0 aromatic heterocycles. The molecular formula is C29H39NO. The van der Waals surface area contributed by atoms with E-state index in [0.717, 1.165) is 32.5 Å². The Balaban J connectivity index is 1.71. The fraction of sp³-hybridized carbons (Fsp3) is 0.517. The predicted molar refractivity (Wildman–Crippen MR) is 134 cm³/mol. The van der Waals surface area contributed by atoms with E-state index in [9.17, 15) is 0 Å². The summed E-state index contributed by atoms with van der Waals surface area (Å²) in [5.74, 6) is 0.651. The highest BCUT2D eigenvalue weighted by Gasteiger charge is 2.47. The first-order valence-electron chi connectivity index (χ1n) is 11.9. The van der Waals surface area contributed by atoms with Crippen molar-refractivity contribution in [3.8, 4) is 0 Å². The van der Waals surface area contributed by atoms with Gasteiger partial charge in [-0.15, -0.1) is 0 Å². The van der Waals surface area contributed by atoms with Crippen LogP contribution in [0.5, 0.6) is 0 Å². The van der Waals surface area contributed by atoms with Crippen LogP contribution in [0.15, 0.2) is 42.5 Å². The fourth-order valence-corrected chi connectivity index (χ4v) is 5.06. The second kappa shape index (κ2) is 8.22. The zero-order chi connectivity index (χ0) is 22.4. The van der Waals surface area contributed by atoms with Crippen LogP contribution in [0.3, 0.4) is 0 Å². The maximum atomic E-state index is 6.03. The van der Waals surface area contributed by atoms with Crippen LogP contribution in [0.4, 0.5) is 0 Å². The third kappa shape index (κ3) is 4.66. The van der Waals surface area contributed by atoms with E-state index in [1.165, 1.54) is 38.2 Å². The van der Waals surface area contributed by atoms with Gasteiger partial charge in [0.15, 0.2) is 0 Å². The van der Waals surface area contributed by atoms with Gasteiger partial charge in [0.25, 0.3) is 0 Å². The molecule has 2 nitrogen and oxygen atoms in total. The zero-order valence-corrected chi connectivity index (χ0v) is 20.5. The Hall–Kier alpha value is -1.90. The van der Waals surface area contributed by atoms with E-state index in [1.54, 1.807) is 0 Å². The number of ether oxygens (including phenoxy) is 1. The lowest BCUT2D eigenvalue weighted by Gasteiger charge is -2.22. The monoisotopic (exact) mass is 417 g/mol. The average molecular weight is 418 g/mol. The quantitative estimate of drug-likeness (QED) is 0.296. The Morgan fingerprint density at radius 2 is 1.68 bits per heavy atom. The first-order valence-corrected chi connectivity index (χ1v) is 11.9. The minimum Gasteiger partial charge on any atom is -0.376 e. The van der Waals surface area contributed by atoms with Crippen LogP contribution in [0.1, 0.15) is 64.7 Å². The van der Waals surface area contributed by atoms with E-state index in [4.69, 9.17) is 4.74 Å². The lowest BCUT2D eigenvalue weighted by Crippen LogP contribution is -2.24. The molecule has 4 rings (SSSR count). The standard InChI is InChI=1S/C29H39NO/c1-20(2)17-22-11-10-14-25-26(24-13-9-8-12-23(24)21(3)27(22)25)18-30-19-29(30,7)15-16-31-28(4,5)6/h8-14,20H,15-19H2,1-7H3. The van der Waals surface area contributed by atoms with E-state index >= 15 is 0 Å². The molecule has 1 saturated heterocycles. The first-order chi connectivity index (χ1) is 14.6. The Kier molecular flexibility index (Phi) is 5.91. The molecule has 31 heavy (non-hydrogen) atoms. The largest absolute Gasteiger partial charge is 0.376 e. The lowest BCUT2D eigenvalue weighted by molar-refractivity contribution is -0.00842. The highest BCUT2D eigenvalue weighted by molar-refractivity contribution is 6.06. The van der Waals surface area contributed by atoms with E-state index in [1.807, 2.05) is 0 Å². The molecule has 0 N–H and O–H groups in total. The minimum absolute atomic E-state index is 0.0632. The third-order valence-electron chi connectivity index (χ3n) is 6.85. The summed E-state index contributed by atoms with van der Waals surface area (Å²) in [7, 11) is 0. The van der Waals surface area contributed by atoms with E-state index in [0.29, 0.717) is 5.92 Å². The molecule has 0 aliphatic carbocycles. The van der Waals surface area contributed by atoms with Crippen molar-refractivity contribution in [2.24, 2.45) is 5.92 Å². The molecule has 3 aromatic rings. The minimum atomic E-state index is -0.0632. The molecule has 2 heteroatoms. The molecule has 1 fully saturated rings. The zero-order valence-electron chi connectivity index (χ0n) is 20.5. The molecule has 1 aliphatic heterocycles. The third-order valence-corrected chi connectivity index (χ3v) is 6.85. The summed E-state index contributed by atoms with van der Waals surface area (Å²) in [5, 5.41) is 5.73. The average Bonchev–Trinajstić information content (AvgIpc) is 3.32. The van der Waals surface area contributed by atoms with Crippen molar-refractivity contribution >= 4 is 21.5 Å². The molecule has 166 valence electrons. The Bertz CT molecular complexity index is 1090. The van der Waals surface area contributed by atoms with Crippen molar-refractivity contribution in [3.63, 3.8) is 0 Å². The molecule has 2 unspecified atom stereocenters. The molecular weight excluding hydrogens is 378 g/mol. The summed E-state index contributed by atoms with van der Waals surface area (Å²) < 4.78 is 6.03. The normalized spacial score (nSPS) is 21.4. The van der Waals surface area contributed by atoms with Gasteiger partial charge >= 0.3 is 0 Å². The molecule has 1 heterocycles. The van der Waals surface area contributed by atoms with Crippen LogP contribution in [-0.4, -0.2) is 29.2 Å². The molecule has 0 saturated carbocycles. The molecule has 2 atom stereocenters. The van der Waals surface area contributed by atoms with Crippen LogP contribution in [0, 0.1) is 12.8 Å². The second-order valence-corrected chi connectivity index (χ2v) is 11.2. The first kappa shape index (κ1) is 22.3. The van der Waals surface area contributed by atoms with Gasteiger partial charge in [-0.05, 0) is 91.6 Å². The maximum Gasteiger partial charge on any atom is 0.0598 e. The second-order valence-electron chi connectivity index (χ2n) is 11.2. The summed E-state index contributed by atoms with van der Waals surface area (Å²) in [6.45, 7) is 18.7. The number of rotatable bonds is 7. The van der Waals surface area contributed by atoms with Crippen LogP contribution in [-0.2, 0) is 17.7 Å². The number of hydrogen-bond donors (Lipinski definition) is 0. The van der Waals surface area contributed by atoms with Crippen LogP contribution < -0.4 is 0 Å². The topological polar surface area (TPSA) is 12.2 Å². The van der Waals surface area contributed by atoms with Crippen LogP contribution in [0.2, 0.25) is 0 Å². The number of aryl methyl sites for hydroxylation is 1. The van der Waals surface area contributed by atoms with E-state index in [-0.39, 0.29) is 11.1 Å². The highest BCUT2D eigenvalue weighted by atomic mass is 16.5. The summed E-state index contributed by atoms with van der Waals surface area (Å²) in [5.41, 5.74) is 4.59. The van der Waals surface area contributed by atoms with E-state index < -0.39 is 0 Å². The summed E-state index contributed by atoms with van der Waals surface area (Å²) in [6, 6.07) is 15.9. The molecule has 3 aromatic carbocycles. The number of hydrogen-bond acceptors (Lipinski definition) is 2.